The van der Waals surface area contributed by atoms with Crippen molar-refractivity contribution in [1.82, 2.24) is 0 Å². The first-order valence-electron chi connectivity index (χ1n) is 11.8. The summed E-state index contributed by atoms with van der Waals surface area (Å²) in [7, 11) is 0. The number of hydrogen-bond acceptors (Lipinski definition) is 4. The molecule has 6 heteroatoms. The number of fused-ring (bicyclic) bond motifs is 5. The van der Waals surface area contributed by atoms with Crippen LogP contribution in [0.1, 0.15) is 81.4 Å². The van der Waals surface area contributed by atoms with Crippen molar-refractivity contribution in [2.45, 2.75) is 96.9 Å². The van der Waals surface area contributed by atoms with Crippen molar-refractivity contribution >= 4 is 43.7 Å². The average molecular weight is 451 g/mol. The van der Waals surface area contributed by atoms with Crippen molar-refractivity contribution in [2.75, 3.05) is 0 Å². The molecule has 5 nitrogen and oxygen atoms in total. The number of rotatable bonds is 4. The Labute approximate surface area is 214 Å². The Morgan fingerprint density at radius 3 is 2.43 bits per heavy atom. The van der Waals surface area contributed by atoms with E-state index in [0.29, 0.717) is 30.1 Å². The largest absolute Gasteiger partial charge is 2.00 e. The minimum absolute atomic E-state index is 0. The van der Waals surface area contributed by atoms with Gasteiger partial charge in [0.1, 0.15) is 0 Å². The second-order valence-electron chi connectivity index (χ2n) is 11.4. The molecule has 30 heavy (non-hydrogen) atoms. The molecular formula is C24H42CaO5. The Morgan fingerprint density at radius 2 is 1.77 bits per heavy atom. The van der Waals surface area contributed by atoms with Crippen LogP contribution < -0.4 is 0 Å². The van der Waals surface area contributed by atoms with Crippen molar-refractivity contribution in [1.29, 1.82) is 0 Å². The van der Waals surface area contributed by atoms with Crippen LogP contribution in [-0.2, 0) is 4.79 Å². The van der Waals surface area contributed by atoms with E-state index < -0.39 is 12.1 Å². The van der Waals surface area contributed by atoms with Crippen LogP contribution in [0.25, 0.3) is 0 Å². The van der Waals surface area contributed by atoms with E-state index in [1.807, 2.05) is 0 Å². The summed E-state index contributed by atoms with van der Waals surface area (Å²) in [4.78, 5) is 11.1. The summed E-state index contributed by atoms with van der Waals surface area (Å²) in [5.41, 5.74) is -0.143. The molecule has 0 saturated heterocycles. The Hall–Kier alpha value is 0.610. The molecule has 4 aliphatic rings. The second kappa shape index (κ2) is 9.10. The van der Waals surface area contributed by atoms with Gasteiger partial charge in [-0.2, -0.15) is 0 Å². The Kier molecular flexibility index (Phi) is 7.65. The number of aliphatic hydroxyl groups is 3. The first-order chi connectivity index (χ1) is 13.6. The normalized spacial score (nSPS) is 51.1. The first-order valence-corrected chi connectivity index (χ1v) is 11.8. The standard InChI is InChI=1S/C24H40O5.Ca.2H/c1-13(4-7-21(28)29)16-5-6-17-22-18(12-20(27)24(16,17)3)23(2)9-8-15(25)10-14(23)11-19(22)26;;;/h13-20,22,25-27H,4-12H2,1-3H3,(H,28,29);;;/q;+2;2*-1/t13-,14+,15-,16-,17+,18+,19-,20+,22+,23+,24-;;;/m1.../s1. The van der Waals surface area contributed by atoms with Gasteiger partial charge in [-0.25, -0.2) is 0 Å². The van der Waals surface area contributed by atoms with E-state index in [1.165, 1.54) is 0 Å². The van der Waals surface area contributed by atoms with E-state index >= 15 is 0 Å². The summed E-state index contributed by atoms with van der Waals surface area (Å²) in [5.74, 6) is 0.997. The first kappa shape index (κ1) is 25.2. The van der Waals surface area contributed by atoms with Crippen molar-refractivity contribution in [3.05, 3.63) is 0 Å². The van der Waals surface area contributed by atoms with Gasteiger partial charge in [0, 0.05) is 6.42 Å². The topological polar surface area (TPSA) is 98.0 Å². The molecule has 170 valence electrons. The maximum absolute atomic E-state index is 11.5. The number of aliphatic carboxylic acids is 1. The molecule has 4 rings (SSSR count). The van der Waals surface area contributed by atoms with Crippen LogP contribution >= 0.6 is 0 Å². The van der Waals surface area contributed by atoms with Crippen LogP contribution in [-0.4, -0.2) is 82.4 Å². The van der Waals surface area contributed by atoms with E-state index in [2.05, 4.69) is 20.8 Å². The zero-order valence-electron chi connectivity index (χ0n) is 21.0. The molecule has 0 heterocycles. The number of carbonyl (C=O) groups is 1. The van der Waals surface area contributed by atoms with Crippen LogP contribution in [0.5, 0.6) is 0 Å². The van der Waals surface area contributed by atoms with Gasteiger partial charge < -0.3 is 23.3 Å². The predicted octanol–water partition coefficient (Wildman–Crippen LogP) is 3.29. The van der Waals surface area contributed by atoms with Gasteiger partial charge >= 0.3 is 43.7 Å². The molecule has 0 aromatic rings. The van der Waals surface area contributed by atoms with Gasteiger partial charge in [0.15, 0.2) is 0 Å². The van der Waals surface area contributed by atoms with Crippen LogP contribution in [0.4, 0.5) is 0 Å². The minimum atomic E-state index is -0.748. The van der Waals surface area contributed by atoms with Crippen LogP contribution in [0.3, 0.4) is 0 Å². The van der Waals surface area contributed by atoms with Gasteiger partial charge in [0.05, 0.1) is 18.3 Å². The molecule has 0 aliphatic heterocycles. The molecule has 4 fully saturated rings. The number of carboxylic acid groups (broad SMARTS) is 1. The quantitative estimate of drug-likeness (QED) is 0.493. The van der Waals surface area contributed by atoms with Gasteiger partial charge in [0.2, 0.25) is 0 Å². The molecule has 0 aromatic heterocycles. The molecule has 4 N–H and O–H groups in total. The van der Waals surface area contributed by atoms with Crippen LogP contribution in [0.2, 0.25) is 0 Å². The van der Waals surface area contributed by atoms with Gasteiger partial charge in [-0.05, 0) is 97.7 Å². The number of aliphatic hydroxyl groups excluding tert-OH is 3. The zero-order valence-corrected chi connectivity index (χ0v) is 21.2. The Balaban J connectivity index is 0.00000171. The fourth-order valence-electron chi connectivity index (χ4n) is 8.68. The predicted molar refractivity (Wildman–Crippen MR) is 118 cm³/mol. The zero-order chi connectivity index (χ0) is 21.1. The third-order valence-electron chi connectivity index (χ3n) is 10.3. The maximum Gasteiger partial charge on any atom is 2.00 e. The molecule has 0 spiro atoms. The monoisotopic (exact) mass is 450 g/mol. The third kappa shape index (κ3) is 3.92. The fraction of sp³-hybridized carbons (Fsp3) is 0.958. The average Bonchev–Trinajstić information content (AvgIpc) is 3.01. The molecule has 11 atom stereocenters. The maximum atomic E-state index is 11.5. The molecule has 0 amide bonds. The Bertz CT molecular complexity index is 654. The van der Waals surface area contributed by atoms with E-state index in [0.717, 1.165) is 44.9 Å². The molecule has 4 aliphatic carbocycles. The smallest absolute Gasteiger partial charge is 1.00 e. The summed E-state index contributed by atoms with van der Waals surface area (Å²) < 4.78 is 0. The van der Waals surface area contributed by atoms with Crippen molar-refractivity contribution < 1.29 is 28.1 Å². The number of carboxylic acids is 1. The summed E-state index contributed by atoms with van der Waals surface area (Å²) in [5, 5.41) is 42.0. The third-order valence-corrected chi connectivity index (χ3v) is 10.3. The molecule has 4 saturated carbocycles. The minimum Gasteiger partial charge on any atom is -1.00 e. The summed E-state index contributed by atoms with van der Waals surface area (Å²) in [6, 6.07) is 0. The summed E-state index contributed by atoms with van der Waals surface area (Å²) >= 11 is 0. The van der Waals surface area contributed by atoms with Crippen molar-refractivity contribution in [3.63, 3.8) is 0 Å². The van der Waals surface area contributed by atoms with Gasteiger partial charge in [-0.1, -0.05) is 20.8 Å². The van der Waals surface area contributed by atoms with Gasteiger partial charge in [-0.15, -0.1) is 0 Å². The van der Waals surface area contributed by atoms with Gasteiger partial charge in [-0.3, -0.25) is 4.79 Å². The molecule has 0 bridgehead atoms. The van der Waals surface area contributed by atoms with Gasteiger partial charge in [0.25, 0.3) is 0 Å². The summed E-state index contributed by atoms with van der Waals surface area (Å²) in [6.45, 7) is 6.72. The molecule has 0 aromatic carbocycles. The molecular weight excluding hydrogens is 408 g/mol. The van der Waals surface area contributed by atoms with E-state index in [4.69, 9.17) is 5.11 Å². The fourth-order valence-corrected chi connectivity index (χ4v) is 8.68. The summed E-state index contributed by atoms with van der Waals surface area (Å²) in [6.07, 6.45) is 6.00. The van der Waals surface area contributed by atoms with E-state index in [-0.39, 0.29) is 81.9 Å². The number of hydrogen-bond donors (Lipinski definition) is 4. The molecule has 0 unspecified atom stereocenters. The SMILES string of the molecule is C[C@H](CCC(=O)O)[C@H]1CC[C@H]2[C@@H]3[C@H](O)C[C@@H]4C[C@H](O)CC[C@]4(C)[C@H]3C[C@H](O)[C@]12C.[Ca+2].[H-].[H-]. The van der Waals surface area contributed by atoms with Crippen LogP contribution in [0, 0.1) is 46.3 Å². The van der Waals surface area contributed by atoms with Crippen molar-refractivity contribution in [3.8, 4) is 0 Å². The molecule has 0 radical (unpaired) electrons. The van der Waals surface area contributed by atoms with Crippen LogP contribution in [0.15, 0.2) is 0 Å². The van der Waals surface area contributed by atoms with Crippen molar-refractivity contribution in [2.24, 2.45) is 46.3 Å². The van der Waals surface area contributed by atoms with E-state index in [1.54, 1.807) is 0 Å². The van der Waals surface area contributed by atoms with E-state index in [9.17, 15) is 20.1 Å². The Morgan fingerprint density at radius 1 is 1.07 bits per heavy atom. The second-order valence-corrected chi connectivity index (χ2v) is 11.4.